The van der Waals surface area contributed by atoms with E-state index in [1.807, 2.05) is 0 Å². The predicted molar refractivity (Wildman–Crippen MR) is 87.3 cm³/mol. The van der Waals surface area contributed by atoms with Crippen molar-refractivity contribution in [2.24, 2.45) is 0 Å². The molecule has 128 valence electrons. The highest BCUT2D eigenvalue weighted by Gasteiger charge is 2.29. The maximum absolute atomic E-state index is 12.0. The first kappa shape index (κ1) is 18.2. The molecule has 0 aliphatic carbocycles. The molecule has 7 nitrogen and oxygen atoms in total. The van der Waals surface area contributed by atoms with Gasteiger partial charge in [-0.3, -0.25) is 4.79 Å². The van der Waals surface area contributed by atoms with E-state index in [0.717, 1.165) is 0 Å². The minimum absolute atomic E-state index is 0.0379. The standard InChI is InChI=1S/C13H17ClN2O5S2/c14-12-4-2-1-3-10(12)8-23(20,21)15-7-13(17)16-11-5-6-22(18,19)9-11/h1-4,11,15H,5-9H2,(H,16,17). The number of rotatable bonds is 6. The van der Waals surface area contributed by atoms with Gasteiger partial charge in [-0.25, -0.2) is 21.6 Å². The number of hydrogen-bond acceptors (Lipinski definition) is 5. The monoisotopic (exact) mass is 380 g/mol. The van der Waals surface area contributed by atoms with E-state index >= 15 is 0 Å². The van der Waals surface area contributed by atoms with Crippen LogP contribution >= 0.6 is 11.6 Å². The average Bonchev–Trinajstić information content (AvgIpc) is 2.78. The number of benzene rings is 1. The molecule has 0 spiro atoms. The summed E-state index contributed by atoms with van der Waals surface area (Å²) in [5, 5.41) is 2.84. The molecule has 1 amide bonds. The van der Waals surface area contributed by atoms with E-state index in [4.69, 9.17) is 11.6 Å². The van der Waals surface area contributed by atoms with E-state index < -0.39 is 38.4 Å². The van der Waals surface area contributed by atoms with Gasteiger partial charge in [0, 0.05) is 11.1 Å². The summed E-state index contributed by atoms with van der Waals surface area (Å²) < 4.78 is 48.7. The lowest BCUT2D eigenvalue weighted by molar-refractivity contribution is -0.120. The molecule has 0 radical (unpaired) electrons. The molecule has 1 unspecified atom stereocenters. The lowest BCUT2D eigenvalue weighted by atomic mass is 10.2. The number of nitrogens with one attached hydrogen (secondary N) is 2. The third-order valence-corrected chi connectivity index (χ3v) is 6.77. The van der Waals surface area contributed by atoms with Crippen LogP contribution in [0.15, 0.2) is 24.3 Å². The molecular formula is C13H17ClN2O5S2. The normalized spacial score (nSPS) is 20.3. The van der Waals surface area contributed by atoms with Crippen molar-refractivity contribution in [3.05, 3.63) is 34.9 Å². The summed E-state index contributed by atoms with van der Waals surface area (Å²) in [6.07, 6.45) is 0.348. The quantitative estimate of drug-likeness (QED) is 0.725. The molecule has 10 heteroatoms. The van der Waals surface area contributed by atoms with Crippen LogP contribution < -0.4 is 10.0 Å². The largest absolute Gasteiger partial charge is 0.351 e. The van der Waals surface area contributed by atoms with Gasteiger partial charge in [-0.15, -0.1) is 0 Å². The van der Waals surface area contributed by atoms with Gasteiger partial charge < -0.3 is 5.32 Å². The van der Waals surface area contributed by atoms with Crippen molar-refractivity contribution >= 4 is 37.4 Å². The average molecular weight is 381 g/mol. The Labute approximate surface area is 140 Å². The highest BCUT2D eigenvalue weighted by Crippen LogP contribution is 2.17. The second-order valence-corrected chi connectivity index (χ2v) is 9.78. The summed E-state index contributed by atoms with van der Waals surface area (Å²) in [5.41, 5.74) is 0.434. The number of hydrogen-bond donors (Lipinski definition) is 2. The van der Waals surface area contributed by atoms with Gasteiger partial charge >= 0.3 is 0 Å². The maximum Gasteiger partial charge on any atom is 0.235 e. The minimum Gasteiger partial charge on any atom is -0.351 e. The van der Waals surface area contributed by atoms with Crippen molar-refractivity contribution < 1.29 is 21.6 Å². The maximum atomic E-state index is 12.0. The molecule has 1 saturated heterocycles. The molecule has 1 heterocycles. The fourth-order valence-corrected chi connectivity index (χ4v) is 5.30. The zero-order chi connectivity index (χ0) is 17.1. The Morgan fingerprint density at radius 3 is 2.61 bits per heavy atom. The van der Waals surface area contributed by atoms with E-state index in [0.29, 0.717) is 17.0 Å². The summed E-state index contributed by atoms with van der Waals surface area (Å²) in [5.74, 6) is -0.964. The van der Waals surface area contributed by atoms with Crippen LogP contribution in [0.4, 0.5) is 0 Å². The van der Waals surface area contributed by atoms with Crippen LogP contribution in [0, 0.1) is 0 Å². The van der Waals surface area contributed by atoms with Gasteiger partial charge in [0.2, 0.25) is 15.9 Å². The van der Waals surface area contributed by atoms with E-state index in [-0.39, 0.29) is 17.3 Å². The molecule has 0 aromatic heterocycles. The number of sulfone groups is 1. The van der Waals surface area contributed by atoms with Gasteiger partial charge in [-0.05, 0) is 18.1 Å². The number of carbonyl (C=O) groups excluding carboxylic acids is 1. The topological polar surface area (TPSA) is 109 Å². The second-order valence-electron chi connectivity index (χ2n) is 5.34. The molecule has 1 fully saturated rings. The number of sulfonamides is 1. The van der Waals surface area contributed by atoms with Gasteiger partial charge in [0.1, 0.15) is 0 Å². The Kier molecular flexibility index (Phi) is 5.66. The summed E-state index contributed by atoms with van der Waals surface area (Å²) in [7, 11) is -6.82. The van der Waals surface area contributed by atoms with Crippen LogP contribution in [0.2, 0.25) is 5.02 Å². The fourth-order valence-electron chi connectivity index (χ4n) is 2.23. The summed E-state index contributed by atoms with van der Waals surface area (Å²) >= 11 is 5.90. The van der Waals surface area contributed by atoms with Crippen molar-refractivity contribution in [3.8, 4) is 0 Å². The van der Waals surface area contributed by atoms with Crippen LogP contribution in [0.1, 0.15) is 12.0 Å². The Balaban J connectivity index is 1.85. The lowest BCUT2D eigenvalue weighted by Crippen LogP contribution is -2.42. The van der Waals surface area contributed by atoms with Crippen molar-refractivity contribution in [2.45, 2.75) is 18.2 Å². The van der Waals surface area contributed by atoms with Crippen LogP contribution in [-0.2, 0) is 30.4 Å². The van der Waals surface area contributed by atoms with Crippen LogP contribution in [0.25, 0.3) is 0 Å². The Morgan fingerprint density at radius 2 is 2.00 bits per heavy atom. The number of amides is 1. The van der Waals surface area contributed by atoms with Gasteiger partial charge in [0.25, 0.3) is 0 Å². The van der Waals surface area contributed by atoms with E-state index in [9.17, 15) is 21.6 Å². The zero-order valence-corrected chi connectivity index (χ0v) is 14.5. The summed E-state index contributed by atoms with van der Waals surface area (Å²) in [4.78, 5) is 11.7. The van der Waals surface area contributed by atoms with Crippen molar-refractivity contribution in [1.29, 1.82) is 0 Å². The Morgan fingerprint density at radius 1 is 1.30 bits per heavy atom. The summed E-state index contributed by atoms with van der Waals surface area (Å²) in [6.45, 7) is -0.441. The third-order valence-electron chi connectivity index (χ3n) is 3.35. The van der Waals surface area contributed by atoms with E-state index in [2.05, 4.69) is 10.0 Å². The first-order chi connectivity index (χ1) is 10.7. The predicted octanol–water partition coefficient (Wildman–Crippen LogP) is 0.0627. The summed E-state index contributed by atoms with van der Waals surface area (Å²) in [6, 6.07) is 6.07. The Bertz CT molecular complexity index is 792. The van der Waals surface area contributed by atoms with Gasteiger partial charge in [-0.2, -0.15) is 0 Å². The first-order valence-corrected chi connectivity index (χ1v) is 10.7. The smallest absolute Gasteiger partial charge is 0.235 e. The molecule has 2 N–H and O–H groups in total. The molecule has 1 aromatic rings. The van der Waals surface area contributed by atoms with Crippen LogP contribution in [0.3, 0.4) is 0 Å². The second kappa shape index (κ2) is 7.16. The number of carbonyl (C=O) groups is 1. The van der Waals surface area contributed by atoms with E-state index in [1.54, 1.807) is 24.3 Å². The SMILES string of the molecule is O=C(CNS(=O)(=O)Cc1ccccc1Cl)NC1CCS(=O)(=O)C1. The molecule has 2 rings (SSSR count). The van der Waals surface area contributed by atoms with Crippen molar-refractivity contribution in [2.75, 3.05) is 18.1 Å². The van der Waals surface area contributed by atoms with Crippen molar-refractivity contribution in [3.63, 3.8) is 0 Å². The molecule has 0 saturated carbocycles. The van der Waals surface area contributed by atoms with Gasteiger partial charge in [0.05, 0.1) is 23.8 Å². The fraction of sp³-hybridized carbons (Fsp3) is 0.462. The number of halogens is 1. The first-order valence-electron chi connectivity index (χ1n) is 6.87. The molecule has 1 atom stereocenters. The van der Waals surface area contributed by atoms with E-state index in [1.165, 1.54) is 0 Å². The van der Waals surface area contributed by atoms with Crippen LogP contribution in [-0.4, -0.2) is 46.8 Å². The molecule has 23 heavy (non-hydrogen) atoms. The minimum atomic E-state index is -3.72. The molecular weight excluding hydrogens is 364 g/mol. The lowest BCUT2D eigenvalue weighted by Gasteiger charge is -2.12. The Hall–Kier alpha value is -1.16. The third kappa shape index (κ3) is 5.76. The molecule has 0 bridgehead atoms. The molecule has 1 aliphatic rings. The van der Waals surface area contributed by atoms with Gasteiger partial charge in [-0.1, -0.05) is 29.8 Å². The highest BCUT2D eigenvalue weighted by molar-refractivity contribution is 7.91. The van der Waals surface area contributed by atoms with Crippen LogP contribution in [0.5, 0.6) is 0 Å². The van der Waals surface area contributed by atoms with Gasteiger partial charge in [0.15, 0.2) is 9.84 Å². The highest BCUT2D eigenvalue weighted by atomic mass is 35.5. The molecule has 1 aliphatic heterocycles. The zero-order valence-electron chi connectivity index (χ0n) is 12.2. The molecule has 1 aromatic carbocycles. The van der Waals surface area contributed by atoms with Crippen molar-refractivity contribution in [1.82, 2.24) is 10.0 Å².